The van der Waals surface area contributed by atoms with Gasteiger partial charge in [-0.15, -0.1) is 0 Å². The van der Waals surface area contributed by atoms with E-state index in [0.29, 0.717) is 12.1 Å². The Hall–Kier alpha value is -2.88. The Balaban J connectivity index is 1.78. The first-order chi connectivity index (χ1) is 11.5. The second-order valence-electron chi connectivity index (χ2n) is 6.07. The van der Waals surface area contributed by atoms with E-state index in [-0.39, 0.29) is 5.91 Å². The zero-order chi connectivity index (χ0) is 17.1. The van der Waals surface area contributed by atoms with Crippen LogP contribution in [0.2, 0.25) is 0 Å². The highest BCUT2D eigenvalue weighted by Gasteiger charge is 2.11. The molecule has 24 heavy (non-hydrogen) atoms. The number of rotatable bonds is 4. The number of nitrogens with one attached hydrogen (secondary N) is 1. The lowest BCUT2D eigenvalue weighted by Crippen LogP contribution is -2.23. The van der Waals surface area contributed by atoms with Crippen LogP contribution in [-0.2, 0) is 6.54 Å². The van der Waals surface area contributed by atoms with Crippen molar-refractivity contribution in [2.45, 2.75) is 13.5 Å². The number of anilines is 1. The van der Waals surface area contributed by atoms with E-state index < -0.39 is 0 Å². The fourth-order valence-electron chi connectivity index (χ4n) is 2.69. The zero-order valence-electron chi connectivity index (χ0n) is 14.2. The van der Waals surface area contributed by atoms with Crippen LogP contribution in [0.1, 0.15) is 21.6 Å². The van der Waals surface area contributed by atoms with E-state index in [9.17, 15) is 4.79 Å². The summed E-state index contributed by atoms with van der Waals surface area (Å²) in [5, 5.41) is 3.88. The molecule has 4 nitrogen and oxygen atoms in total. The molecular weight excluding hydrogens is 298 g/mol. The smallest absolute Gasteiger partial charge is 0.252 e. The quantitative estimate of drug-likeness (QED) is 0.800. The Labute approximate surface area is 142 Å². The first-order valence-corrected chi connectivity index (χ1v) is 7.95. The third kappa shape index (κ3) is 3.38. The van der Waals surface area contributed by atoms with Crippen LogP contribution in [0, 0.1) is 6.92 Å². The molecule has 2 aromatic carbocycles. The van der Waals surface area contributed by atoms with E-state index >= 15 is 0 Å². The van der Waals surface area contributed by atoms with Gasteiger partial charge in [-0.1, -0.05) is 30.3 Å². The molecule has 0 saturated heterocycles. The van der Waals surface area contributed by atoms with E-state index in [1.54, 1.807) is 0 Å². The molecule has 0 atom stereocenters. The average Bonchev–Trinajstić information content (AvgIpc) is 2.59. The lowest BCUT2D eigenvalue weighted by atomic mass is 10.1. The molecule has 0 aliphatic rings. The molecule has 1 aromatic heterocycles. The molecular formula is C20H21N3O. The van der Waals surface area contributed by atoms with Gasteiger partial charge in [0.05, 0.1) is 11.1 Å². The maximum Gasteiger partial charge on any atom is 0.252 e. The van der Waals surface area contributed by atoms with Gasteiger partial charge in [0.15, 0.2) is 0 Å². The lowest BCUT2D eigenvalue weighted by Gasteiger charge is -2.13. The number of benzene rings is 2. The lowest BCUT2D eigenvalue weighted by molar-refractivity contribution is 0.0952. The predicted molar refractivity (Wildman–Crippen MR) is 98.4 cm³/mol. The highest BCUT2D eigenvalue weighted by Crippen LogP contribution is 2.18. The second kappa shape index (κ2) is 6.71. The number of para-hydroxylation sites is 1. The van der Waals surface area contributed by atoms with E-state index in [2.05, 4.69) is 10.3 Å². The maximum atomic E-state index is 12.6. The number of hydrogen-bond donors (Lipinski definition) is 1. The van der Waals surface area contributed by atoms with Gasteiger partial charge >= 0.3 is 0 Å². The number of carbonyl (C=O) groups is 1. The number of aryl methyl sites for hydroxylation is 1. The van der Waals surface area contributed by atoms with Crippen molar-refractivity contribution >= 4 is 22.5 Å². The number of pyridine rings is 1. The zero-order valence-corrected chi connectivity index (χ0v) is 14.2. The predicted octanol–water partition coefficient (Wildman–Crippen LogP) is 3.54. The minimum absolute atomic E-state index is 0.0756. The molecule has 0 bridgehead atoms. The molecule has 3 aromatic rings. The molecule has 122 valence electrons. The van der Waals surface area contributed by atoms with Crippen LogP contribution in [0.3, 0.4) is 0 Å². The van der Waals surface area contributed by atoms with Crippen molar-refractivity contribution in [1.82, 2.24) is 10.3 Å². The fraction of sp³-hybridized carbons (Fsp3) is 0.200. The van der Waals surface area contributed by atoms with E-state index in [0.717, 1.165) is 27.8 Å². The summed E-state index contributed by atoms with van der Waals surface area (Å²) in [6.45, 7) is 2.41. The van der Waals surface area contributed by atoms with Gasteiger partial charge in [-0.2, -0.15) is 0 Å². The Morgan fingerprint density at radius 2 is 1.79 bits per heavy atom. The Kier molecular flexibility index (Phi) is 4.47. The van der Waals surface area contributed by atoms with Crippen molar-refractivity contribution in [2.75, 3.05) is 19.0 Å². The Morgan fingerprint density at radius 1 is 1.08 bits per heavy atom. The molecule has 1 N–H and O–H groups in total. The number of aromatic nitrogens is 1. The molecule has 1 heterocycles. The van der Waals surface area contributed by atoms with Crippen molar-refractivity contribution in [3.63, 3.8) is 0 Å². The summed E-state index contributed by atoms with van der Waals surface area (Å²) in [5.41, 5.74) is 4.57. The van der Waals surface area contributed by atoms with E-state index in [4.69, 9.17) is 0 Å². The van der Waals surface area contributed by atoms with Crippen molar-refractivity contribution in [3.8, 4) is 0 Å². The molecule has 4 heteroatoms. The summed E-state index contributed by atoms with van der Waals surface area (Å²) >= 11 is 0. The number of nitrogens with zero attached hydrogens (tertiary/aromatic N) is 2. The number of carbonyl (C=O) groups excluding carboxylic acids is 1. The average molecular weight is 319 g/mol. The van der Waals surface area contributed by atoms with Crippen molar-refractivity contribution < 1.29 is 4.79 Å². The van der Waals surface area contributed by atoms with Crippen molar-refractivity contribution in [3.05, 3.63) is 71.4 Å². The largest absolute Gasteiger partial charge is 0.378 e. The minimum Gasteiger partial charge on any atom is -0.378 e. The van der Waals surface area contributed by atoms with E-state index in [1.807, 2.05) is 80.5 Å². The van der Waals surface area contributed by atoms with Gasteiger partial charge < -0.3 is 10.2 Å². The van der Waals surface area contributed by atoms with Gasteiger partial charge in [-0.05, 0) is 36.8 Å². The van der Waals surface area contributed by atoms with Crippen LogP contribution in [0.5, 0.6) is 0 Å². The molecule has 1 amide bonds. The van der Waals surface area contributed by atoms with Crippen LogP contribution >= 0.6 is 0 Å². The number of amides is 1. The second-order valence-corrected chi connectivity index (χ2v) is 6.07. The summed E-state index contributed by atoms with van der Waals surface area (Å²) in [7, 11) is 4.02. The van der Waals surface area contributed by atoms with Gasteiger partial charge in [-0.25, -0.2) is 0 Å². The third-order valence-corrected chi connectivity index (χ3v) is 3.99. The van der Waals surface area contributed by atoms with Crippen LogP contribution < -0.4 is 10.2 Å². The topological polar surface area (TPSA) is 45.2 Å². The number of fused-ring (bicyclic) bond motifs is 1. The van der Waals surface area contributed by atoms with Gasteiger partial charge in [-0.3, -0.25) is 9.78 Å². The summed E-state index contributed by atoms with van der Waals surface area (Å²) in [6, 6.07) is 17.7. The first kappa shape index (κ1) is 16.0. The number of hydrogen-bond acceptors (Lipinski definition) is 3. The summed E-state index contributed by atoms with van der Waals surface area (Å²) in [4.78, 5) is 19.1. The first-order valence-electron chi connectivity index (χ1n) is 7.95. The van der Waals surface area contributed by atoms with Gasteiger partial charge in [0.1, 0.15) is 0 Å². The summed E-state index contributed by atoms with van der Waals surface area (Å²) < 4.78 is 0. The molecule has 0 aliphatic heterocycles. The summed E-state index contributed by atoms with van der Waals surface area (Å²) in [6.07, 6.45) is 0. The van der Waals surface area contributed by atoms with Crippen molar-refractivity contribution in [2.24, 2.45) is 0 Å². The Morgan fingerprint density at radius 3 is 2.50 bits per heavy atom. The standard InChI is InChI=1S/C20H21N3O/c1-14-12-18(17-6-4-5-7-19(17)22-14)20(24)21-13-15-8-10-16(11-9-15)23(2)3/h4-12H,13H2,1-3H3,(H,21,24). The fourth-order valence-corrected chi connectivity index (χ4v) is 2.69. The molecule has 0 spiro atoms. The monoisotopic (exact) mass is 319 g/mol. The molecule has 0 fully saturated rings. The van der Waals surface area contributed by atoms with Crippen LogP contribution in [0.4, 0.5) is 5.69 Å². The SMILES string of the molecule is Cc1cc(C(=O)NCc2ccc(N(C)C)cc2)c2ccccc2n1. The Bertz CT molecular complexity index is 870. The molecule has 0 radical (unpaired) electrons. The highest BCUT2D eigenvalue weighted by molar-refractivity contribution is 6.06. The van der Waals surface area contributed by atoms with E-state index in [1.165, 1.54) is 0 Å². The van der Waals surface area contributed by atoms with Crippen molar-refractivity contribution in [1.29, 1.82) is 0 Å². The van der Waals surface area contributed by atoms with Crippen LogP contribution in [0.15, 0.2) is 54.6 Å². The molecule has 0 saturated carbocycles. The highest BCUT2D eigenvalue weighted by atomic mass is 16.1. The molecule has 0 aliphatic carbocycles. The van der Waals surface area contributed by atoms with Gasteiger partial charge in [0.2, 0.25) is 0 Å². The van der Waals surface area contributed by atoms with Gasteiger partial charge in [0, 0.05) is 37.4 Å². The van der Waals surface area contributed by atoms with Crippen LogP contribution in [-0.4, -0.2) is 25.0 Å². The van der Waals surface area contributed by atoms with Crippen LogP contribution in [0.25, 0.3) is 10.9 Å². The maximum absolute atomic E-state index is 12.6. The molecule has 3 rings (SSSR count). The summed E-state index contributed by atoms with van der Waals surface area (Å²) in [5.74, 6) is -0.0756. The minimum atomic E-state index is -0.0756. The third-order valence-electron chi connectivity index (χ3n) is 3.99. The molecule has 0 unspecified atom stereocenters. The van der Waals surface area contributed by atoms with Gasteiger partial charge in [0.25, 0.3) is 5.91 Å². The normalized spacial score (nSPS) is 10.6.